The fourth-order valence-electron chi connectivity index (χ4n) is 2.56. The summed E-state index contributed by atoms with van der Waals surface area (Å²) < 4.78 is 2.12. The SMILES string of the molecule is CN=c1ncn(-c2ccc(C)cc2C)c2ccccc12. The van der Waals surface area contributed by atoms with Crippen molar-refractivity contribution in [3.8, 4) is 5.69 Å². The largest absolute Gasteiger partial charge is 0.300 e. The van der Waals surface area contributed by atoms with Crippen molar-refractivity contribution in [3.63, 3.8) is 0 Å². The second kappa shape index (κ2) is 4.93. The number of benzene rings is 2. The van der Waals surface area contributed by atoms with Gasteiger partial charge in [0.15, 0.2) is 5.49 Å². The Balaban J connectivity index is 2.38. The Morgan fingerprint density at radius 1 is 1.05 bits per heavy atom. The molecule has 1 aromatic heterocycles. The number of rotatable bonds is 1. The highest BCUT2D eigenvalue weighted by molar-refractivity contribution is 5.79. The molecule has 0 aliphatic heterocycles. The summed E-state index contributed by atoms with van der Waals surface area (Å²) in [5.41, 5.74) is 5.56. The Hall–Kier alpha value is -2.42. The Morgan fingerprint density at radius 3 is 2.60 bits per heavy atom. The maximum Gasteiger partial charge on any atom is 0.158 e. The van der Waals surface area contributed by atoms with Gasteiger partial charge in [-0.2, -0.15) is 0 Å². The predicted octanol–water partition coefficient (Wildman–Crippen LogP) is 3.17. The van der Waals surface area contributed by atoms with E-state index in [9.17, 15) is 0 Å². The Morgan fingerprint density at radius 2 is 1.85 bits per heavy atom. The second-order valence-electron chi connectivity index (χ2n) is 4.97. The van der Waals surface area contributed by atoms with Crippen LogP contribution in [0.3, 0.4) is 0 Å². The van der Waals surface area contributed by atoms with Crippen LogP contribution in [0.5, 0.6) is 0 Å². The highest BCUT2D eigenvalue weighted by atomic mass is 15.0. The zero-order valence-electron chi connectivity index (χ0n) is 12.0. The monoisotopic (exact) mass is 263 g/mol. The Labute approximate surface area is 118 Å². The third kappa shape index (κ3) is 2.01. The van der Waals surface area contributed by atoms with Crippen molar-refractivity contribution in [3.05, 3.63) is 65.4 Å². The van der Waals surface area contributed by atoms with Crippen molar-refractivity contribution >= 4 is 10.9 Å². The molecule has 0 saturated carbocycles. The molecule has 0 bridgehead atoms. The smallest absolute Gasteiger partial charge is 0.158 e. The van der Waals surface area contributed by atoms with Gasteiger partial charge in [0.25, 0.3) is 0 Å². The van der Waals surface area contributed by atoms with Gasteiger partial charge in [0, 0.05) is 18.1 Å². The average Bonchev–Trinajstić information content (AvgIpc) is 2.47. The van der Waals surface area contributed by atoms with Gasteiger partial charge in [-0.15, -0.1) is 0 Å². The first kappa shape index (κ1) is 12.6. The third-order valence-electron chi connectivity index (χ3n) is 3.52. The topological polar surface area (TPSA) is 30.2 Å². The highest BCUT2D eigenvalue weighted by Crippen LogP contribution is 2.19. The lowest BCUT2D eigenvalue weighted by Crippen LogP contribution is -2.13. The van der Waals surface area contributed by atoms with Gasteiger partial charge in [0.1, 0.15) is 6.33 Å². The van der Waals surface area contributed by atoms with E-state index in [0.717, 1.165) is 22.1 Å². The predicted molar refractivity (Wildman–Crippen MR) is 82.0 cm³/mol. The van der Waals surface area contributed by atoms with Gasteiger partial charge in [0.2, 0.25) is 0 Å². The molecule has 100 valence electrons. The van der Waals surface area contributed by atoms with Crippen LogP contribution in [0, 0.1) is 13.8 Å². The van der Waals surface area contributed by atoms with Gasteiger partial charge in [-0.25, -0.2) is 4.98 Å². The molecule has 0 spiro atoms. The summed E-state index contributed by atoms with van der Waals surface area (Å²) in [7, 11) is 1.77. The fourth-order valence-corrected chi connectivity index (χ4v) is 2.56. The molecule has 0 unspecified atom stereocenters. The summed E-state index contributed by atoms with van der Waals surface area (Å²) in [5, 5.41) is 1.07. The molecule has 0 aliphatic rings. The van der Waals surface area contributed by atoms with E-state index in [1.165, 1.54) is 11.1 Å². The fraction of sp³-hybridized carbons (Fsp3) is 0.176. The number of aromatic nitrogens is 2. The van der Waals surface area contributed by atoms with Crippen LogP contribution >= 0.6 is 0 Å². The molecule has 3 nitrogen and oxygen atoms in total. The molecule has 0 atom stereocenters. The quantitative estimate of drug-likeness (QED) is 0.663. The van der Waals surface area contributed by atoms with Crippen molar-refractivity contribution in [1.82, 2.24) is 9.55 Å². The van der Waals surface area contributed by atoms with Crippen molar-refractivity contribution < 1.29 is 0 Å². The Bertz CT molecular complexity index is 844. The van der Waals surface area contributed by atoms with E-state index >= 15 is 0 Å². The summed E-state index contributed by atoms with van der Waals surface area (Å²) in [5.74, 6) is 0. The third-order valence-corrected chi connectivity index (χ3v) is 3.52. The molecule has 3 rings (SSSR count). The van der Waals surface area contributed by atoms with E-state index in [2.05, 4.69) is 58.7 Å². The van der Waals surface area contributed by atoms with Crippen molar-refractivity contribution in [2.45, 2.75) is 13.8 Å². The van der Waals surface area contributed by atoms with Gasteiger partial charge in [0.05, 0.1) is 5.52 Å². The summed E-state index contributed by atoms with van der Waals surface area (Å²) in [6.45, 7) is 4.24. The molecule has 0 N–H and O–H groups in total. The second-order valence-corrected chi connectivity index (χ2v) is 4.97. The van der Waals surface area contributed by atoms with Gasteiger partial charge in [-0.1, -0.05) is 29.8 Å². The first-order chi connectivity index (χ1) is 9.70. The maximum absolute atomic E-state index is 4.46. The van der Waals surface area contributed by atoms with Gasteiger partial charge in [-0.05, 0) is 37.6 Å². The number of fused-ring (bicyclic) bond motifs is 1. The first-order valence-electron chi connectivity index (χ1n) is 6.67. The molecule has 0 fully saturated rings. The van der Waals surface area contributed by atoms with E-state index in [-0.39, 0.29) is 0 Å². The van der Waals surface area contributed by atoms with Gasteiger partial charge in [-0.3, -0.25) is 9.56 Å². The summed E-state index contributed by atoms with van der Waals surface area (Å²) in [6.07, 6.45) is 1.85. The normalized spacial score (nSPS) is 12.1. The highest BCUT2D eigenvalue weighted by Gasteiger charge is 2.06. The van der Waals surface area contributed by atoms with Gasteiger partial charge >= 0.3 is 0 Å². The van der Waals surface area contributed by atoms with Crippen LogP contribution in [0.15, 0.2) is 53.8 Å². The zero-order chi connectivity index (χ0) is 14.1. The summed E-state index contributed by atoms with van der Waals surface area (Å²) in [4.78, 5) is 8.71. The van der Waals surface area contributed by atoms with Crippen LogP contribution < -0.4 is 5.49 Å². The number of para-hydroxylation sites is 1. The van der Waals surface area contributed by atoms with E-state index < -0.39 is 0 Å². The number of aryl methyl sites for hydroxylation is 2. The van der Waals surface area contributed by atoms with Crippen LogP contribution in [0.25, 0.3) is 16.6 Å². The van der Waals surface area contributed by atoms with Crippen LogP contribution in [0.1, 0.15) is 11.1 Å². The number of hydrogen-bond donors (Lipinski definition) is 0. The lowest BCUT2D eigenvalue weighted by atomic mass is 10.1. The molecular weight excluding hydrogens is 246 g/mol. The molecule has 3 aromatic rings. The van der Waals surface area contributed by atoms with Crippen LogP contribution in [-0.4, -0.2) is 16.6 Å². The molecule has 0 saturated heterocycles. The molecule has 0 amide bonds. The van der Waals surface area contributed by atoms with Gasteiger partial charge < -0.3 is 0 Å². The molecule has 3 heteroatoms. The molecule has 2 aromatic carbocycles. The lowest BCUT2D eigenvalue weighted by Gasteiger charge is -2.13. The summed E-state index contributed by atoms with van der Waals surface area (Å²) >= 11 is 0. The van der Waals surface area contributed by atoms with Crippen LogP contribution in [-0.2, 0) is 0 Å². The van der Waals surface area contributed by atoms with E-state index in [1.807, 2.05) is 18.5 Å². The first-order valence-corrected chi connectivity index (χ1v) is 6.67. The molecule has 20 heavy (non-hydrogen) atoms. The zero-order valence-corrected chi connectivity index (χ0v) is 12.0. The Kier molecular flexibility index (Phi) is 3.11. The molecular formula is C17H17N3. The van der Waals surface area contributed by atoms with Crippen molar-refractivity contribution in [2.75, 3.05) is 7.05 Å². The number of nitrogens with zero attached hydrogens (tertiary/aromatic N) is 3. The summed E-state index contributed by atoms with van der Waals surface area (Å²) in [6, 6.07) is 14.7. The standard InChI is InChI=1S/C17H17N3/c1-12-8-9-15(13(2)10-12)20-11-19-17(18-3)14-6-4-5-7-16(14)20/h4-11H,1-3H3. The maximum atomic E-state index is 4.46. The van der Waals surface area contributed by atoms with E-state index in [1.54, 1.807) is 7.05 Å². The van der Waals surface area contributed by atoms with Crippen molar-refractivity contribution in [2.24, 2.45) is 4.99 Å². The molecule has 0 radical (unpaired) electrons. The van der Waals surface area contributed by atoms with Crippen molar-refractivity contribution in [1.29, 1.82) is 0 Å². The van der Waals surface area contributed by atoms with E-state index in [0.29, 0.717) is 0 Å². The van der Waals surface area contributed by atoms with E-state index in [4.69, 9.17) is 0 Å². The minimum atomic E-state index is 0.779. The minimum Gasteiger partial charge on any atom is -0.300 e. The lowest BCUT2D eigenvalue weighted by molar-refractivity contribution is 0.981. The minimum absolute atomic E-state index is 0.779. The van der Waals surface area contributed by atoms with Crippen LogP contribution in [0.4, 0.5) is 0 Å². The van der Waals surface area contributed by atoms with Crippen LogP contribution in [0.2, 0.25) is 0 Å². The average molecular weight is 263 g/mol. The molecule has 1 heterocycles. The molecule has 0 aliphatic carbocycles. The number of hydrogen-bond acceptors (Lipinski definition) is 2.